The molecule has 0 aliphatic heterocycles. The van der Waals surface area contributed by atoms with Crippen LogP contribution in [-0.2, 0) is 9.63 Å². The van der Waals surface area contributed by atoms with Crippen molar-refractivity contribution in [3.63, 3.8) is 0 Å². The lowest BCUT2D eigenvalue weighted by Gasteiger charge is -2.30. The second-order valence-corrected chi connectivity index (χ2v) is 3.74. The number of hydrogen-bond acceptors (Lipinski definition) is 3. The van der Waals surface area contributed by atoms with Gasteiger partial charge in [-0.3, -0.25) is 0 Å². The van der Waals surface area contributed by atoms with Crippen LogP contribution in [-0.4, -0.2) is 23.4 Å². The third-order valence-electron chi connectivity index (χ3n) is 2.32. The minimum Gasteiger partial charge on any atom is -0.479 e. The zero-order valence-electron chi connectivity index (χ0n) is 7.99. The molecule has 0 radical (unpaired) electrons. The van der Waals surface area contributed by atoms with Crippen molar-refractivity contribution in [2.24, 2.45) is 17.0 Å². The first kappa shape index (κ1) is 10.0. The van der Waals surface area contributed by atoms with E-state index < -0.39 is 5.97 Å². The third-order valence-corrected chi connectivity index (χ3v) is 2.32. The maximum atomic E-state index is 10.1. The summed E-state index contributed by atoms with van der Waals surface area (Å²) in [5.41, 5.74) is 0.986. The molecule has 0 atom stereocenters. The van der Waals surface area contributed by atoms with Gasteiger partial charge in [-0.05, 0) is 24.7 Å². The molecule has 0 aromatic rings. The summed E-state index contributed by atoms with van der Waals surface area (Å²) in [5, 5.41) is 12.0. The van der Waals surface area contributed by atoms with Crippen molar-refractivity contribution in [2.75, 3.05) is 6.61 Å². The van der Waals surface area contributed by atoms with Gasteiger partial charge in [0.25, 0.3) is 0 Å². The average molecular weight is 185 g/mol. The zero-order valence-corrected chi connectivity index (χ0v) is 7.99. The Morgan fingerprint density at radius 1 is 1.69 bits per heavy atom. The van der Waals surface area contributed by atoms with Crippen molar-refractivity contribution in [1.82, 2.24) is 0 Å². The predicted molar refractivity (Wildman–Crippen MR) is 48.6 cm³/mol. The van der Waals surface area contributed by atoms with E-state index in [2.05, 4.69) is 23.8 Å². The first-order valence-corrected chi connectivity index (χ1v) is 4.49. The Bertz CT molecular complexity index is 215. The molecular weight excluding hydrogens is 170 g/mol. The summed E-state index contributed by atoms with van der Waals surface area (Å²) in [5.74, 6) is 0.398. The maximum absolute atomic E-state index is 10.1. The largest absolute Gasteiger partial charge is 0.479 e. The van der Waals surface area contributed by atoms with Crippen LogP contribution >= 0.6 is 0 Å². The summed E-state index contributed by atoms with van der Waals surface area (Å²) in [6.07, 6.45) is 1.91. The van der Waals surface area contributed by atoms with Crippen LogP contribution < -0.4 is 0 Å². The van der Waals surface area contributed by atoms with Crippen LogP contribution in [0.2, 0.25) is 0 Å². The van der Waals surface area contributed by atoms with Gasteiger partial charge >= 0.3 is 5.97 Å². The molecule has 1 aliphatic rings. The Morgan fingerprint density at radius 2 is 2.31 bits per heavy atom. The van der Waals surface area contributed by atoms with Gasteiger partial charge in [-0.1, -0.05) is 19.0 Å². The predicted octanol–water partition coefficient (Wildman–Crippen LogP) is 1.51. The number of rotatable bonds is 4. The molecule has 0 bridgehead atoms. The molecule has 0 aromatic heterocycles. The molecule has 1 aliphatic carbocycles. The number of oxime groups is 1. The lowest BCUT2D eigenvalue weighted by Crippen LogP contribution is -2.28. The normalized spacial score (nSPS) is 21.2. The van der Waals surface area contributed by atoms with E-state index in [0.717, 1.165) is 18.6 Å². The summed E-state index contributed by atoms with van der Waals surface area (Å²) < 4.78 is 0. The summed E-state index contributed by atoms with van der Waals surface area (Å²) >= 11 is 0. The van der Waals surface area contributed by atoms with Crippen molar-refractivity contribution in [2.45, 2.75) is 26.7 Å². The molecule has 0 heterocycles. The van der Waals surface area contributed by atoms with Gasteiger partial charge in [0.1, 0.15) is 0 Å². The van der Waals surface area contributed by atoms with Gasteiger partial charge in [0.15, 0.2) is 0 Å². The minimum atomic E-state index is -0.982. The third kappa shape index (κ3) is 3.05. The van der Waals surface area contributed by atoms with Gasteiger partial charge in [-0.25, -0.2) is 4.79 Å². The van der Waals surface area contributed by atoms with Crippen LogP contribution in [0.4, 0.5) is 0 Å². The van der Waals surface area contributed by atoms with Crippen LogP contribution in [0, 0.1) is 11.8 Å². The highest BCUT2D eigenvalue weighted by atomic mass is 16.6. The topological polar surface area (TPSA) is 58.9 Å². The van der Waals surface area contributed by atoms with Gasteiger partial charge in [0.2, 0.25) is 6.61 Å². The molecule has 1 rings (SSSR count). The Labute approximate surface area is 77.6 Å². The Kier molecular flexibility index (Phi) is 3.28. The lowest BCUT2D eigenvalue weighted by atomic mass is 9.76. The van der Waals surface area contributed by atoms with Crippen molar-refractivity contribution in [3.8, 4) is 0 Å². The van der Waals surface area contributed by atoms with E-state index in [9.17, 15) is 4.79 Å². The molecule has 4 heteroatoms. The molecule has 4 nitrogen and oxygen atoms in total. The molecule has 0 saturated heterocycles. The molecule has 0 unspecified atom stereocenters. The summed E-state index contributed by atoms with van der Waals surface area (Å²) in [4.78, 5) is 14.7. The first-order chi connectivity index (χ1) is 6.09. The number of carboxylic acids is 1. The van der Waals surface area contributed by atoms with Gasteiger partial charge < -0.3 is 9.94 Å². The van der Waals surface area contributed by atoms with Gasteiger partial charge in [0.05, 0.1) is 5.71 Å². The molecule has 1 fully saturated rings. The highest BCUT2D eigenvalue weighted by molar-refractivity contribution is 5.89. The van der Waals surface area contributed by atoms with Crippen LogP contribution in [0.1, 0.15) is 26.7 Å². The van der Waals surface area contributed by atoms with Crippen LogP contribution in [0.25, 0.3) is 0 Å². The Morgan fingerprint density at radius 3 is 2.77 bits per heavy atom. The second-order valence-electron chi connectivity index (χ2n) is 3.74. The number of carbonyl (C=O) groups is 1. The molecule has 1 N–H and O–H groups in total. The smallest absolute Gasteiger partial charge is 0.344 e. The lowest BCUT2D eigenvalue weighted by molar-refractivity contribution is -0.142. The van der Waals surface area contributed by atoms with Crippen molar-refractivity contribution in [1.29, 1.82) is 0 Å². The number of carboxylic acid groups (broad SMARTS) is 1. The molecule has 74 valence electrons. The molecule has 1 saturated carbocycles. The van der Waals surface area contributed by atoms with Gasteiger partial charge in [0, 0.05) is 0 Å². The van der Waals surface area contributed by atoms with Crippen molar-refractivity contribution in [3.05, 3.63) is 0 Å². The fourth-order valence-corrected chi connectivity index (χ4v) is 1.27. The van der Waals surface area contributed by atoms with Crippen LogP contribution in [0.15, 0.2) is 5.16 Å². The number of hydrogen-bond donors (Lipinski definition) is 1. The number of nitrogens with zero attached hydrogens (tertiary/aromatic N) is 1. The van der Waals surface area contributed by atoms with E-state index in [4.69, 9.17) is 5.11 Å². The second kappa shape index (κ2) is 4.25. The first-order valence-electron chi connectivity index (χ1n) is 4.49. The molecule has 0 spiro atoms. The van der Waals surface area contributed by atoms with Crippen LogP contribution in [0.3, 0.4) is 0 Å². The zero-order chi connectivity index (χ0) is 9.84. The molecule has 13 heavy (non-hydrogen) atoms. The van der Waals surface area contributed by atoms with Crippen LogP contribution in [0.5, 0.6) is 0 Å². The number of aliphatic carboxylic acids is 1. The summed E-state index contributed by atoms with van der Waals surface area (Å²) in [6.45, 7) is 4.02. The SMILES string of the molecule is CC(C)C1CC(=NOCC(=O)O)C1. The summed E-state index contributed by atoms with van der Waals surface area (Å²) in [6, 6.07) is 0. The molecule has 0 amide bonds. The summed E-state index contributed by atoms with van der Waals surface area (Å²) in [7, 11) is 0. The van der Waals surface area contributed by atoms with Gasteiger partial charge in [-0.2, -0.15) is 0 Å². The van der Waals surface area contributed by atoms with E-state index in [1.54, 1.807) is 0 Å². The molecular formula is C9H15NO3. The van der Waals surface area contributed by atoms with Gasteiger partial charge in [-0.15, -0.1) is 0 Å². The minimum absolute atomic E-state index is 0.337. The van der Waals surface area contributed by atoms with Crippen molar-refractivity contribution >= 4 is 11.7 Å². The highest BCUT2D eigenvalue weighted by Gasteiger charge is 2.27. The van der Waals surface area contributed by atoms with E-state index in [1.165, 1.54) is 0 Å². The van der Waals surface area contributed by atoms with E-state index in [-0.39, 0.29) is 6.61 Å². The van der Waals surface area contributed by atoms with E-state index >= 15 is 0 Å². The fourth-order valence-electron chi connectivity index (χ4n) is 1.27. The maximum Gasteiger partial charge on any atom is 0.344 e. The highest BCUT2D eigenvalue weighted by Crippen LogP contribution is 2.30. The van der Waals surface area contributed by atoms with E-state index in [0.29, 0.717) is 11.8 Å². The average Bonchev–Trinajstić information content (AvgIpc) is 1.92. The standard InChI is InChI=1S/C9H15NO3/c1-6(2)7-3-8(4-7)10-13-5-9(11)12/h6-7H,3-5H2,1-2H3,(H,11,12). The Hall–Kier alpha value is -1.06. The van der Waals surface area contributed by atoms with E-state index in [1.807, 2.05) is 0 Å². The van der Waals surface area contributed by atoms with Crippen molar-refractivity contribution < 1.29 is 14.7 Å². The fraction of sp³-hybridized carbons (Fsp3) is 0.778. The quantitative estimate of drug-likeness (QED) is 0.675. The monoisotopic (exact) mass is 185 g/mol. The molecule has 0 aromatic carbocycles. The Balaban J connectivity index is 2.15.